The fraction of sp³-hybridized carbons (Fsp3) is 0.294. The molecule has 0 amide bonds. The first-order chi connectivity index (χ1) is 10.2. The maximum absolute atomic E-state index is 6.03. The fourth-order valence-corrected chi connectivity index (χ4v) is 2.83. The second kappa shape index (κ2) is 6.50. The van der Waals surface area contributed by atoms with Gasteiger partial charge in [-0.1, -0.05) is 22.0 Å². The van der Waals surface area contributed by atoms with Gasteiger partial charge in [-0.05, 0) is 60.4 Å². The van der Waals surface area contributed by atoms with Crippen molar-refractivity contribution in [3.63, 3.8) is 0 Å². The molecular formula is C17H18BrNO2. The minimum Gasteiger partial charge on any atom is -0.490 e. The van der Waals surface area contributed by atoms with Gasteiger partial charge in [-0.25, -0.2) is 0 Å². The predicted molar refractivity (Wildman–Crippen MR) is 86.8 cm³/mol. The van der Waals surface area contributed by atoms with Crippen LogP contribution in [0.4, 0.5) is 0 Å². The van der Waals surface area contributed by atoms with Crippen molar-refractivity contribution in [2.45, 2.75) is 18.9 Å². The monoisotopic (exact) mass is 347 g/mol. The summed E-state index contributed by atoms with van der Waals surface area (Å²) in [5.41, 5.74) is 8.60. The van der Waals surface area contributed by atoms with Gasteiger partial charge in [-0.3, -0.25) is 0 Å². The molecule has 1 aliphatic carbocycles. The quantitative estimate of drug-likeness (QED) is 0.835. The van der Waals surface area contributed by atoms with Crippen molar-refractivity contribution >= 4 is 15.9 Å². The summed E-state index contributed by atoms with van der Waals surface area (Å²) in [5, 5.41) is 0. The standard InChI is InChI=1S/C17H18BrNO2/c18-13-2-4-14(5-3-13)20-9-10-21-15-6-7-16-12(11-15)1-8-17(16)19/h2-7,11,17H,1,8-10,19H2/t17-/m0/s1. The SMILES string of the molecule is N[C@H]1CCc2cc(OCCOc3ccc(Br)cc3)ccc21. The van der Waals surface area contributed by atoms with Crippen LogP contribution in [0.5, 0.6) is 11.5 Å². The van der Waals surface area contributed by atoms with Crippen molar-refractivity contribution in [3.05, 3.63) is 58.1 Å². The first kappa shape index (κ1) is 14.4. The van der Waals surface area contributed by atoms with Gasteiger partial charge in [0.2, 0.25) is 0 Å². The molecule has 3 rings (SSSR count). The Hall–Kier alpha value is -1.52. The summed E-state index contributed by atoms with van der Waals surface area (Å²) in [6.07, 6.45) is 2.08. The molecule has 0 radical (unpaired) electrons. The van der Waals surface area contributed by atoms with Crippen molar-refractivity contribution in [2.75, 3.05) is 13.2 Å². The number of hydrogen-bond acceptors (Lipinski definition) is 3. The van der Waals surface area contributed by atoms with E-state index in [0.717, 1.165) is 28.8 Å². The van der Waals surface area contributed by atoms with Crippen molar-refractivity contribution in [2.24, 2.45) is 5.73 Å². The van der Waals surface area contributed by atoms with Crippen LogP contribution in [0, 0.1) is 0 Å². The minimum atomic E-state index is 0.190. The van der Waals surface area contributed by atoms with E-state index in [1.807, 2.05) is 30.3 Å². The van der Waals surface area contributed by atoms with Gasteiger partial charge in [0.1, 0.15) is 24.7 Å². The summed E-state index contributed by atoms with van der Waals surface area (Å²) in [7, 11) is 0. The molecule has 1 atom stereocenters. The van der Waals surface area contributed by atoms with Crippen molar-refractivity contribution in [3.8, 4) is 11.5 Å². The van der Waals surface area contributed by atoms with E-state index >= 15 is 0 Å². The molecule has 4 heteroatoms. The van der Waals surface area contributed by atoms with Gasteiger partial charge in [-0.2, -0.15) is 0 Å². The van der Waals surface area contributed by atoms with Crippen LogP contribution in [-0.4, -0.2) is 13.2 Å². The van der Waals surface area contributed by atoms with E-state index in [9.17, 15) is 0 Å². The second-order valence-electron chi connectivity index (χ2n) is 5.16. The zero-order valence-electron chi connectivity index (χ0n) is 11.7. The molecule has 2 N–H and O–H groups in total. The molecule has 2 aromatic carbocycles. The average Bonchev–Trinajstić information content (AvgIpc) is 2.86. The molecule has 3 nitrogen and oxygen atoms in total. The number of halogens is 1. The number of aryl methyl sites for hydroxylation is 1. The van der Waals surface area contributed by atoms with E-state index in [1.165, 1.54) is 11.1 Å². The lowest BCUT2D eigenvalue weighted by molar-refractivity contribution is 0.217. The molecule has 0 unspecified atom stereocenters. The maximum atomic E-state index is 6.03. The Kier molecular flexibility index (Phi) is 4.46. The highest BCUT2D eigenvalue weighted by atomic mass is 79.9. The van der Waals surface area contributed by atoms with Crippen molar-refractivity contribution < 1.29 is 9.47 Å². The zero-order valence-corrected chi connectivity index (χ0v) is 13.3. The van der Waals surface area contributed by atoms with E-state index in [0.29, 0.717) is 13.2 Å². The van der Waals surface area contributed by atoms with Crippen LogP contribution in [0.25, 0.3) is 0 Å². The van der Waals surface area contributed by atoms with Gasteiger partial charge in [0.15, 0.2) is 0 Å². The van der Waals surface area contributed by atoms with Crippen LogP contribution in [0.1, 0.15) is 23.6 Å². The molecule has 0 heterocycles. The molecule has 0 spiro atoms. The Morgan fingerprint density at radius 1 is 1.00 bits per heavy atom. The Morgan fingerprint density at radius 3 is 2.43 bits per heavy atom. The van der Waals surface area contributed by atoms with Crippen LogP contribution in [0.15, 0.2) is 46.9 Å². The zero-order chi connectivity index (χ0) is 14.7. The molecule has 0 aromatic heterocycles. The lowest BCUT2D eigenvalue weighted by Gasteiger charge is -2.10. The van der Waals surface area contributed by atoms with E-state index < -0.39 is 0 Å². The van der Waals surface area contributed by atoms with Crippen LogP contribution in [-0.2, 0) is 6.42 Å². The molecule has 110 valence electrons. The predicted octanol–water partition coefficient (Wildman–Crippen LogP) is 3.85. The molecule has 21 heavy (non-hydrogen) atoms. The number of benzene rings is 2. The van der Waals surface area contributed by atoms with Crippen molar-refractivity contribution in [1.29, 1.82) is 0 Å². The highest BCUT2D eigenvalue weighted by Crippen LogP contribution is 2.31. The summed E-state index contributed by atoms with van der Waals surface area (Å²) in [6.45, 7) is 1.05. The molecular weight excluding hydrogens is 330 g/mol. The van der Waals surface area contributed by atoms with Crippen LogP contribution in [0.3, 0.4) is 0 Å². The van der Waals surface area contributed by atoms with Gasteiger partial charge in [-0.15, -0.1) is 0 Å². The number of rotatable bonds is 5. The molecule has 0 fully saturated rings. The summed E-state index contributed by atoms with van der Waals surface area (Å²) in [6, 6.07) is 14.1. The fourth-order valence-electron chi connectivity index (χ4n) is 2.57. The number of nitrogens with two attached hydrogens (primary N) is 1. The highest BCUT2D eigenvalue weighted by Gasteiger charge is 2.18. The lowest BCUT2D eigenvalue weighted by Crippen LogP contribution is -2.09. The van der Waals surface area contributed by atoms with Gasteiger partial charge in [0.25, 0.3) is 0 Å². The first-order valence-electron chi connectivity index (χ1n) is 7.12. The third-order valence-corrected chi connectivity index (χ3v) is 4.20. The number of fused-ring (bicyclic) bond motifs is 1. The Labute approximate surface area is 133 Å². The van der Waals surface area contributed by atoms with Gasteiger partial charge in [0, 0.05) is 10.5 Å². The highest BCUT2D eigenvalue weighted by molar-refractivity contribution is 9.10. The second-order valence-corrected chi connectivity index (χ2v) is 6.07. The smallest absolute Gasteiger partial charge is 0.122 e. The summed E-state index contributed by atoms with van der Waals surface area (Å²) >= 11 is 3.40. The van der Waals surface area contributed by atoms with Gasteiger partial charge < -0.3 is 15.2 Å². The topological polar surface area (TPSA) is 44.5 Å². The minimum absolute atomic E-state index is 0.190. The molecule has 0 saturated carbocycles. The van der Waals surface area contributed by atoms with Crippen LogP contribution >= 0.6 is 15.9 Å². The molecule has 0 aliphatic heterocycles. The van der Waals surface area contributed by atoms with Gasteiger partial charge in [0.05, 0.1) is 0 Å². The van der Waals surface area contributed by atoms with Crippen molar-refractivity contribution in [1.82, 2.24) is 0 Å². The van der Waals surface area contributed by atoms with Gasteiger partial charge >= 0.3 is 0 Å². The van der Waals surface area contributed by atoms with E-state index in [1.54, 1.807) is 0 Å². The van der Waals surface area contributed by atoms with Crippen LogP contribution in [0.2, 0.25) is 0 Å². The molecule has 1 aliphatic rings. The molecule has 0 saturated heterocycles. The Bertz CT molecular complexity index is 613. The number of ether oxygens (including phenoxy) is 2. The normalized spacial score (nSPS) is 16.6. The van der Waals surface area contributed by atoms with E-state index in [-0.39, 0.29) is 6.04 Å². The summed E-state index contributed by atoms with van der Waals surface area (Å²) in [4.78, 5) is 0. The van der Waals surface area contributed by atoms with E-state index in [4.69, 9.17) is 15.2 Å². The Balaban J connectivity index is 1.48. The third-order valence-electron chi connectivity index (χ3n) is 3.67. The average molecular weight is 348 g/mol. The third kappa shape index (κ3) is 3.57. The maximum Gasteiger partial charge on any atom is 0.122 e. The number of hydrogen-bond donors (Lipinski definition) is 1. The molecule has 2 aromatic rings. The first-order valence-corrected chi connectivity index (χ1v) is 7.91. The lowest BCUT2D eigenvalue weighted by atomic mass is 10.1. The Morgan fingerprint density at radius 2 is 1.67 bits per heavy atom. The van der Waals surface area contributed by atoms with E-state index in [2.05, 4.69) is 28.1 Å². The summed E-state index contributed by atoms with van der Waals surface area (Å²) in [5.74, 6) is 1.74. The van der Waals surface area contributed by atoms with Crippen LogP contribution < -0.4 is 15.2 Å². The molecule has 0 bridgehead atoms. The largest absolute Gasteiger partial charge is 0.490 e. The summed E-state index contributed by atoms with van der Waals surface area (Å²) < 4.78 is 12.4.